The summed E-state index contributed by atoms with van der Waals surface area (Å²) in [5.41, 5.74) is 9.09. The Hall–Kier alpha value is -4.08. The number of nitrogens with one attached hydrogen (secondary N) is 1. The summed E-state index contributed by atoms with van der Waals surface area (Å²) in [5.74, 6) is -0.397. The normalized spacial score (nSPS) is 14.1. The number of ether oxygens (including phenoxy) is 1. The number of nitrogens with two attached hydrogens (primary N) is 1. The molecule has 0 atom stereocenters. The molecule has 3 heterocycles. The van der Waals surface area contributed by atoms with Gasteiger partial charge in [0.15, 0.2) is 5.69 Å². The fourth-order valence-corrected chi connectivity index (χ4v) is 3.82. The summed E-state index contributed by atoms with van der Waals surface area (Å²) in [7, 11) is 1.77. The zero-order valence-electron chi connectivity index (χ0n) is 20.5. The van der Waals surface area contributed by atoms with E-state index in [4.69, 9.17) is 10.5 Å². The number of nitrogen functional groups attached to an aromatic ring is 1. The van der Waals surface area contributed by atoms with Crippen molar-refractivity contribution in [1.82, 2.24) is 19.7 Å². The molecule has 0 unspecified atom stereocenters. The molecular formula is C25H31N7O3. The van der Waals surface area contributed by atoms with Gasteiger partial charge in [0.1, 0.15) is 5.60 Å². The number of aryl methyl sites for hydroxylation is 1. The maximum Gasteiger partial charge on any atom is 0.410 e. The van der Waals surface area contributed by atoms with Crippen LogP contribution in [0.25, 0.3) is 11.3 Å². The van der Waals surface area contributed by atoms with Gasteiger partial charge in [0.05, 0.1) is 23.3 Å². The Labute approximate surface area is 204 Å². The van der Waals surface area contributed by atoms with E-state index in [1.165, 1.54) is 0 Å². The number of rotatable bonds is 4. The number of aromatic nitrogens is 3. The van der Waals surface area contributed by atoms with Gasteiger partial charge in [0.2, 0.25) is 0 Å². The van der Waals surface area contributed by atoms with Crippen molar-refractivity contribution in [2.75, 3.05) is 42.1 Å². The van der Waals surface area contributed by atoms with Gasteiger partial charge in [-0.2, -0.15) is 5.10 Å². The van der Waals surface area contributed by atoms with Gasteiger partial charge in [0, 0.05) is 50.7 Å². The van der Waals surface area contributed by atoms with Gasteiger partial charge in [-0.25, -0.2) is 9.78 Å². The first-order valence-electron chi connectivity index (χ1n) is 11.5. The van der Waals surface area contributed by atoms with E-state index in [2.05, 4.69) is 20.3 Å². The highest BCUT2D eigenvalue weighted by Gasteiger charge is 2.26. The highest BCUT2D eigenvalue weighted by molar-refractivity contribution is 6.06. The summed E-state index contributed by atoms with van der Waals surface area (Å²) in [6.45, 7) is 8.15. The molecular weight excluding hydrogens is 446 g/mol. The van der Waals surface area contributed by atoms with Crippen molar-refractivity contribution in [3.05, 3.63) is 54.5 Å². The molecule has 0 radical (unpaired) electrons. The van der Waals surface area contributed by atoms with Gasteiger partial charge in [0.25, 0.3) is 5.91 Å². The first kappa shape index (κ1) is 24.1. The second-order valence-corrected chi connectivity index (χ2v) is 9.50. The monoisotopic (exact) mass is 477 g/mol. The lowest BCUT2D eigenvalue weighted by atomic mass is 10.1. The van der Waals surface area contributed by atoms with Gasteiger partial charge >= 0.3 is 6.09 Å². The van der Waals surface area contributed by atoms with Crippen LogP contribution in [0.3, 0.4) is 0 Å². The molecule has 35 heavy (non-hydrogen) atoms. The molecule has 1 fully saturated rings. The molecule has 1 aliphatic heterocycles. The third-order valence-electron chi connectivity index (χ3n) is 5.54. The van der Waals surface area contributed by atoms with Crippen molar-refractivity contribution >= 4 is 29.1 Å². The SMILES string of the molecule is Cn1cc(NC(=O)c2nc(-c3cccc(N4CCN(C(=O)OC(C)(C)C)CC4)c3)ccc2N)cn1. The van der Waals surface area contributed by atoms with E-state index in [1.54, 1.807) is 41.2 Å². The van der Waals surface area contributed by atoms with Crippen LogP contribution in [0, 0.1) is 0 Å². The number of piperazine rings is 1. The fraction of sp³-hybridized carbons (Fsp3) is 0.360. The lowest BCUT2D eigenvalue weighted by Crippen LogP contribution is -2.50. The van der Waals surface area contributed by atoms with Crippen molar-refractivity contribution < 1.29 is 14.3 Å². The molecule has 0 spiro atoms. The van der Waals surface area contributed by atoms with Gasteiger partial charge in [-0.3, -0.25) is 9.48 Å². The molecule has 0 bridgehead atoms. The van der Waals surface area contributed by atoms with Crippen molar-refractivity contribution in [3.63, 3.8) is 0 Å². The van der Waals surface area contributed by atoms with Crippen LogP contribution in [-0.2, 0) is 11.8 Å². The number of carbonyl (C=O) groups is 2. The van der Waals surface area contributed by atoms with Crippen LogP contribution in [0.4, 0.5) is 21.9 Å². The first-order valence-corrected chi connectivity index (χ1v) is 11.5. The maximum absolute atomic E-state index is 12.8. The predicted molar refractivity (Wildman–Crippen MR) is 135 cm³/mol. The Bertz CT molecular complexity index is 1220. The first-order chi connectivity index (χ1) is 16.6. The van der Waals surface area contributed by atoms with E-state index in [9.17, 15) is 9.59 Å². The second-order valence-electron chi connectivity index (χ2n) is 9.50. The van der Waals surface area contributed by atoms with Crippen molar-refractivity contribution in [1.29, 1.82) is 0 Å². The van der Waals surface area contributed by atoms with Crippen LogP contribution in [0.15, 0.2) is 48.8 Å². The van der Waals surface area contributed by atoms with Gasteiger partial charge < -0.3 is 25.6 Å². The Morgan fingerprint density at radius 2 is 1.83 bits per heavy atom. The van der Waals surface area contributed by atoms with Crippen molar-refractivity contribution in [2.45, 2.75) is 26.4 Å². The largest absolute Gasteiger partial charge is 0.444 e. The molecule has 4 rings (SSSR count). The molecule has 1 aromatic carbocycles. The number of benzene rings is 1. The summed E-state index contributed by atoms with van der Waals surface area (Å²) in [6.07, 6.45) is 2.97. The molecule has 10 nitrogen and oxygen atoms in total. The summed E-state index contributed by atoms with van der Waals surface area (Å²) in [6, 6.07) is 11.5. The summed E-state index contributed by atoms with van der Waals surface area (Å²) in [4.78, 5) is 33.6. The van der Waals surface area contributed by atoms with E-state index in [-0.39, 0.29) is 11.8 Å². The van der Waals surface area contributed by atoms with E-state index in [1.807, 2.05) is 45.0 Å². The minimum Gasteiger partial charge on any atom is -0.444 e. The number of hydrogen-bond acceptors (Lipinski definition) is 7. The zero-order valence-corrected chi connectivity index (χ0v) is 20.5. The molecule has 1 aliphatic rings. The summed E-state index contributed by atoms with van der Waals surface area (Å²) < 4.78 is 7.09. The molecule has 184 valence electrons. The minimum absolute atomic E-state index is 0.155. The smallest absolute Gasteiger partial charge is 0.410 e. The molecule has 1 saturated heterocycles. The summed E-state index contributed by atoms with van der Waals surface area (Å²) in [5, 5.41) is 6.83. The molecule has 0 aliphatic carbocycles. The number of pyridine rings is 1. The quantitative estimate of drug-likeness (QED) is 0.591. The number of amides is 2. The van der Waals surface area contributed by atoms with Crippen molar-refractivity contribution in [3.8, 4) is 11.3 Å². The molecule has 3 aromatic rings. The van der Waals surface area contributed by atoms with Gasteiger partial charge in [-0.05, 0) is 45.0 Å². The van der Waals surface area contributed by atoms with Crippen LogP contribution >= 0.6 is 0 Å². The van der Waals surface area contributed by atoms with Gasteiger partial charge in [-0.1, -0.05) is 12.1 Å². The third kappa shape index (κ3) is 5.89. The average molecular weight is 478 g/mol. The van der Waals surface area contributed by atoms with E-state index in [0.717, 1.165) is 11.3 Å². The topological polar surface area (TPSA) is 119 Å². The number of nitrogens with zero attached hydrogens (tertiary/aromatic N) is 5. The molecule has 10 heteroatoms. The average Bonchev–Trinajstić information content (AvgIpc) is 3.22. The highest BCUT2D eigenvalue weighted by Crippen LogP contribution is 2.26. The summed E-state index contributed by atoms with van der Waals surface area (Å²) >= 11 is 0. The zero-order chi connectivity index (χ0) is 25.2. The van der Waals surface area contributed by atoms with Crippen LogP contribution in [0.1, 0.15) is 31.3 Å². The van der Waals surface area contributed by atoms with E-state index < -0.39 is 11.5 Å². The third-order valence-corrected chi connectivity index (χ3v) is 5.54. The lowest BCUT2D eigenvalue weighted by Gasteiger charge is -2.36. The van der Waals surface area contributed by atoms with Crippen LogP contribution in [0.5, 0.6) is 0 Å². The Kier molecular flexibility index (Phi) is 6.63. The lowest BCUT2D eigenvalue weighted by molar-refractivity contribution is 0.0240. The van der Waals surface area contributed by atoms with Gasteiger partial charge in [-0.15, -0.1) is 0 Å². The van der Waals surface area contributed by atoms with Crippen molar-refractivity contribution in [2.24, 2.45) is 7.05 Å². The van der Waals surface area contributed by atoms with Crippen LogP contribution in [0.2, 0.25) is 0 Å². The molecule has 0 saturated carbocycles. The number of carbonyl (C=O) groups excluding carboxylic acids is 2. The van der Waals surface area contributed by atoms with E-state index in [0.29, 0.717) is 43.2 Å². The minimum atomic E-state index is -0.512. The second kappa shape index (κ2) is 9.65. The Balaban J connectivity index is 1.47. The predicted octanol–water partition coefficient (Wildman–Crippen LogP) is 3.37. The Morgan fingerprint density at radius 1 is 1.09 bits per heavy atom. The standard InChI is InChI=1S/C25H31N7O3/c1-25(2,3)35-24(34)32-12-10-31(11-13-32)19-7-5-6-17(14-19)21-9-8-20(26)22(29-21)23(33)28-18-15-27-30(4)16-18/h5-9,14-16H,10-13,26H2,1-4H3,(H,28,33). The number of hydrogen-bond donors (Lipinski definition) is 2. The number of anilines is 3. The molecule has 2 amide bonds. The molecule has 2 aromatic heterocycles. The molecule has 3 N–H and O–H groups in total. The fourth-order valence-electron chi connectivity index (χ4n) is 3.82. The van der Waals surface area contributed by atoms with E-state index >= 15 is 0 Å². The van der Waals surface area contributed by atoms with Crippen LogP contribution < -0.4 is 16.0 Å². The maximum atomic E-state index is 12.8. The van der Waals surface area contributed by atoms with Crippen LogP contribution in [-0.4, -0.2) is 63.4 Å². The Morgan fingerprint density at radius 3 is 2.49 bits per heavy atom. The highest BCUT2D eigenvalue weighted by atomic mass is 16.6.